The Balaban J connectivity index is 1.87. The van der Waals surface area contributed by atoms with Crippen LogP contribution in [-0.4, -0.2) is 4.57 Å². The third kappa shape index (κ3) is 3.87. The molecule has 4 aromatic rings. The molecule has 4 rings (SSSR count). The molecule has 2 nitrogen and oxygen atoms in total. The molecule has 0 bridgehead atoms. The molecule has 0 unspecified atom stereocenters. The molecule has 0 amide bonds. The maximum atomic E-state index is 9.81. The van der Waals surface area contributed by atoms with E-state index in [0.717, 1.165) is 38.7 Å². The molecule has 142 valence electrons. The van der Waals surface area contributed by atoms with Gasteiger partial charge in [-0.1, -0.05) is 76.1 Å². The highest BCUT2D eigenvalue weighted by Gasteiger charge is 2.14. The summed E-state index contributed by atoms with van der Waals surface area (Å²) in [5.41, 5.74) is 5.85. The predicted octanol–water partition coefficient (Wildman–Crippen LogP) is 7.48. The van der Waals surface area contributed by atoms with Crippen molar-refractivity contribution in [2.24, 2.45) is 0 Å². The Morgan fingerprint density at radius 1 is 1.03 bits per heavy atom. The summed E-state index contributed by atoms with van der Waals surface area (Å²) in [4.78, 5) is 0. The molecule has 0 spiro atoms. The van der Waals surface area contributed by atoms with Crippen LogP contribution < -0.4 is 0 Å². The lowest BCUT2D eigenvalue weighted by molar-refractivity contribution is 0.804. The molecule has 0 saturated heterocycles. The van der Waals surface area contributed by atoms with Crippen LogP contribution in [0.2, 0.25) is 5.02 Å². The molecule has 4 heteroatoms. The van der Waals surface area contributed by atoms with Crippen LogP contribution >= 0.6 is 27.5 Å². The van der Waals surface area contributed by atoms with Gasteiger partial charge >= 0.3 is 0 Å². The van der Waals surface area contributed by atoms with Crippen molar-refractivity contribution in [3.63, 3.8) is 0 Å². The first-order valence-corrected chi connectivity index (χ1v) is 10.4. The van der Waals surface area contributed by atoms with Gasteiger partial charge in [-0.15, -0.1) is 0 Å². The standard InChI is InChI=1S/C25H18BrClN2/c1-17-23(14-19(15-28)21-6-2-4-8-24(21)27)22-7-3-5-9-25(22)29(17)16-18-10-12-20(26)13-11-18/h2-14H,16H2,1H3. The lowest BCUT2D eigenvalue weighted by Gasteiger charge is -2.09. The maximum Gasteiger partial charge on any atom is 0.0998 e. The third-order valence-electron chi connectivity index (χ3n) is 5.11. The molecule has 29 heavy (non-hydrogen) atoms. The second kappa shape index (κ2) is 8.29. The molecule has 0 saturated carbocycles. The van der Waals surface area contributed by atoms with Crippen LogP contribution in [0.15, 0.2) is 77.3 Å². The quantitative estimate of drug-likeness (QED) is 0.290. The van der Waals surface area contributed by atoms with Crippen LogP contribution in [0.4, 0.5) is 0 Å². The van der Waals surface area contributed by atoms with Crippen LogP contribution in [0.25, 0.3) is 22.6 Å². The van der Waals surface area contributed by atoms with Gasteiger partial charge in [0.05, 0.1) is 11.6 Å². The molecule has 1 heterocycles. The van der Waals surface area contributed by atoms with Crippen LogP contribution in [0.3, 0.4) is 0 Å². The summed E-state index contributed by atoms with van der Waals surface area (Å²) in [6.45, 7) is 2.87. The molecule has 0 N–H and O–H groups in total. The molecular weight excluding hydrogens is 444 g/mol. The zero-order valence-corrected chi connectivity index (χ0v) is 18.2. The molecule has 0 aliphatic rings. The minimum Gasteiger partial charge on any atom is -0.340 e. The smallest absolute Gasteiger partial charge is 0.0998 e. The molecular formula is C25H18BrClN2. The van der Waals surface area contributed by atoms with E-state index >= 15 is 0 Å². The highest BCUT2D eigenvalue weighted by molar-refractivity contribution is 9.10. The van der Waals surface area contributed by atoms with Gasteiger partial charge < -0.3 is 4.57 Å². The minimum absolute atomic E-state index is 0.560. The number of nitriles is 1. The Bertz CT molecular complexity index is 1260. The van der Waals surface area contributed by atoms with E-state index < -0.39 is 0 Å². The van der Waals surface area contributed by atoms with Gasteiger partial charge in [-0.2, -0.15) is 5.26 Å². The largest absolute Gasteiger partial charge is 0.340 e. The first-order chi connectivity index (χ1) is 14.1. The van der Waals surface area contributed by atoms with E-state index in [2.05, 4.69) is 69.9 Å². The van der Waals surface area contributed by atoms with E-state index in [-0.39, 0.29) is 0 Å². The van der Waals surface area contributed by atoms with Gasteiger partial charge in [0.15, 0.2) is 0 Å². The topological polar surface area (TPSA) is 28.7 Å². The van der Waals surface area contributed by atoms with E-state index in [1.54, 1.807) is 0 Å². The van der Waals surface area contributed by atoms with Crippen molar-refractivity contribution < 1.29 is 0 Å². The minimum atomic E-state index is 0.560. The van der Waals surface area contributed by atoms with Gasteiger partial charge in [0.2, 0.25) is 0 Å². The Labute approximate surface area is 183 Å². The number of hydrogen-bond donors (Lipinski definition) is 0. The second-order valence-electron chi connectivity index (χ2n) is 6.88. The van der Waals surface area contributed by atoms with E-state index in [0.29, 0.717) is 10.6 Å². The summed E-state index contributed by atoms with van der Waals surface area (Å²) >= 11 is 9.84. The zero-order chi connectivity index (χ0) is 20.4. The van der Waals surface area contributed by atoms with Crippen LogP contribution in [0.5, 0.6) is 0 Å². The van der Waals surface area contributed by atoms with Gasteiger partial charge in [-0.05, 0) is 42.8 Å². The fourth-order valence-electron chi connectivity index (χ4n) is 3.61. The van der Waals surface area contributed by atoms with Gasteiger partial charge in [-0.3, -0.25) is 0 Å². The number of nitrogens with zero attached hydrogens (tertiary/aromatic N) is 2. The lowest BCUT2D eigenvalue weighted by Crippen LogP contribution is -2.01. The van der Waals surface area contributed by atoms with E-state index in [1.807, 2.05) is 42.5 Å². The highest BCUT2D eigenvalue weighted by atomic mass is 79.9. The summed E-state index contributed by atoms with van der Waals surface area (Å²) in [5, 5.41) is 11.5. The van der Waals surface area contributed by atoms with Crippen molar-refractivity contribution >= 4 is 50.1 Å². The molecule has 3 aromatic carbocycles. The van der Waals surface area contributed by atoms with E-state index in [4.69, 9.17) is 11.6 Å². The normalized spacial score (nSPS) is 11.6. The molecule has 0 radical (unpaired) electrons. The fourth-order valence-corrected chi connectivity index (χ4v) is 4.11. The van der Waals surface area contributed by atoms with Crippen LogP contribution in [0, 0.1) is 18.3 Å². The number of hydrogen-bond acceptors (Lipinski definition) is 1. The van der Waals surface area contributed by atoms with Crippen molar-refractivity contribution in [2.45, 2.75) is 13.5 Å². The average Bonchev–Trinajstić information content (AvgIpc) is 3.00. The number of benzene rings is 3. The average molecular weight is 462 g/mol. The molecule has 0 aliphatic carbocycles. The monoisotopic (exact) mass is 460 g/mol. The summed E-state index contributed by atoms with van der Waals surface area (Å²) in [6.07, 6.45) is 1.96. The van der Waals surface area contributed by atoms with Gasteiger partial charge in [-0.25, -0.2) is 0 Å². The fraction of sp³-hybridized carbons (Fsp3) is 0.0800. The Morgan fingerprint density at radius 2 is 1.72 bits per heavy atom. The third-order valence-corrected chi connectivity index (χ3v) is 5.97. The van der Waals surface area contributed by atoms with E-state index in [1.165, 1.54) is 5.56 Å². The number of aromatic nitrogens is 1. The van der Waals surface area contributed by atoms with Crippen LogP contribution in [0.1, 0.15) is 22.4 Å². The second-order valence-corrected chi connectivity index (χ2v) is 8.20. The van der Waals surface area contributed by atoms with Crippen molar-refractivity contribution in [3.05, 3.63) is 105 Å². The number of para-hydroxylation sites is 1. The van der Waals surface area contributed by atoms with Gasteiger partial charge in [0.1, 0.15) is 0 Å². The van der Waals surface area contributed by atoms with Crippen molar-refractivity contribution in [1.82, 2.24) is 4.57 Å². The van der Waals surface area contributed by atoms with Gasteiger partial charge in [0, 0.05) is 43.8 Å². The first-order valence-electron chi connectivity index (χ1n) is 9.27. The highest BCUT2D eigenvalue weighted by Crippen LogP contribution is 2.32. The Morgan fingerprint density at radius 3 is 2.45 bits per heavy atom. The number of fused-ring (bicyclic) bond motifs is 1. The Kier molecular flexibility index (Phi) is 5.58. The van der Waals surface area contributed by atoms with Crippen molar-refractivity contribution in [1.29, 1.82) is 5.26 Å². The van der Waals surface area contributed by atoms with Crippen molar-refractivity contribution in [3.8, 4) is 6.07 Å². The summed E-state index contributed by atoms with van der Waals surface area (Å²) in [7, 11) is 0. The maximum absolute atomic E-state index is 9.81. The predicted molar refractivity (Wildman–Crippen MR) is 125 cm³/mol. The molecule has 0 aliphatic heterocycles. The molecule has 1 aromatic heterocycles. The SMILES string of the molecule is Cc1c(C=C(C#N)c2ccccc2Cl)c2ccccc2n1Cc1ccc(Br)cc1. The Hall–Kier alpha value is -2.80. The van der Waals surface area contributed by atoms with Crippen molar-refractivity contribution in [2.75, 3.05) is 0 Å². The summed E-state index contributed by atoms with van der Waals surface area (Å²) in [6, 6.07) is 26.5. The van der Waals surface area contributed by atoms with Gasteiger partial charge in [0.25, 0.3) is 0 Å². The summed E-state index contributed by atoms with van der Waals surface area (Å²) in [5.74, 6) is 0. The van der Waals surface area contributed by atoms with Crippen LogP contribution in [-0.2, 0) is 6.54 Å². The number of allylic oxidation sites excluding steroid dienone is 1. The lowest BCUT2D eigenvalue weighted by atomic mass is 10.0. The molecule has 0 atom stereocenters. The summed E-state index contributed by atoms with van der Waals surface area (Å²) < 4.78 is 3.36. The first kappa shape index (κ1) is 19.5. The zero-order valence-electron chi connectivity index (χ0n) is 15.9. The number of halogens is 2. The van der Waals surface area contributed by atoms with E-state index in [9.17, 15) is 5.26 Å². The number of rotatable bonds is 4. The molecule has 0 fully saturated rings.